The lowest BCUT2D eigenvalue weighted by Crippen LogP contribution is -2.33. The van der Waals surface area contributed by atoms with Crippen LogP contribution in [-0.2, 0) is 17.9 Å². The third-order valence-corrected chi connectivity index (χ3v) is 5.25. The quantitative estimate of drug-likeness (QED) is 0.454. The molecule has 1 amide bonds. The van der Waals surface area contributed by atoms with Crippen LogP contribution in [0.4, 0.5) is 0 Å². The highest BCUT2D eigenvalue weighted by atomic mass is 35.5. The van der Waals surface area contributed by atoms with E-state index < -0.39 is 5.69 Å². The van der Waals surface area contributed by atoms with Crippen molar-refractivity contribution >= 4 is 28.4 Å². The van der Waals surface area contributed by atoms with E-state index in [0.717, 1.165) is 16.9 Å². The average molecular weight is 448 g/mol. The summed E-state index contributed by atoms with van der Waals surface area (Å²) >= 11 is 6.22. The number of benzene rings is 3. The van der Waals surface area contributed by atoms with E-state index >= 15 is 0 Å². The Labute approximate surface area is 190 Å². The normalized spacial score (nSPS) is 10.8. The summed E-state index contributed by atoms with van der Waals surface area (Å²) < 4.78 is 6.79. The van der Waals surface area contributed by atoms with Crippen molar-refractivity contribution in [3.63, 3.8) is 0 Å². The van der Waals surface area contributed by atoms with Crippen molar-refractivity contribution < 1.29 is 9.53 Å². The Morgan fingerprint density at radius 2 is 1.81 bits per heavy atom. The molecule has 0 fully saturated rings. The summed E-state index contributed by atoms with van der Waals surface area (Å²) in [6.45, 7) is 2.73. The largest absolute Gasteiger partial charge is 0.494 e. The molecule has 162 valence electrons. The van der Waals surface area contributed by atoms with Gasteiger partial charge >= 0.3 is 5.69 Å². The van der Waals surface area contributed by atoms with Gasteiger partial charge in [-0.1, -0.05) is 54.1 Å². The predicted molar refractivity (Wildman–Crippen MR) is 126 cm³/mol. The molecule has 32 heavy (non-hydrogen) atoms. The number of nitrogens with zero attached hydrogens (tertiary/aromatic N) is 2. The van der Waals surface area contributed by atoms with Gasteiger partial charge in [0.2, 0.25) is 5.91 Å². The van der Waals surface area contributed by atoms with Gasteiger partial charge in [-0.15, -0.1) is 0 Å². The molecule has 0 aliphatic heterocycles. The van der Waals surface area contributed by atoms with E-state index in [1.165, 1.54) is 4.57 Å². The van der Waals surface area contributed by atoms with Crippen LogP contribution in [0.25, 0.3) is 22.2 Å². The maximum Gasteiger partial charge on any atom is 0.349 e. The number of aromatic nitrogens is 2. The van der Waals surface area contributed by atoms with Crippen LogP contribution in [0.5, 0.6) is 5.75 Å². The van der Waals surface area contributed by atoms with Crippen molar-refractivity contribution in [1.82, 2.24) is 14.9 Å². The molecule has 0 radical (unpaired) electrons. The summed E-state index contributed by atoms with van der Waals surface area (Å²) in [4.78, 5) is 29.7. The van der Waals surface area contributed by atoms with E-state index in [9.17, 15) is 9.59 Å². The molecule has 4 rings (SSSR count). The van der Waals surface area contributed by atoms with Crippen LogP contribution in [0.3, 0.4) is 0 Å². The van der Waals surface area contributed by atoms with Crippen LogP contribution in [0.1, 0.15) is 12.5 Å². The van der Waals surface area contributed by atoms with Crippen molar-refractivity contribution in [2.75, 3.05) is 6.61 Å². The van der Waals surface area contributed by atoms with Gasteiger partial charge in [0.1, 0.15) is 12.3 Å². The number of rotatable bonds is 7. The average Bonchev–Trinajstić information content (AvgIpc) is 2.81. The first-order valence-corrected chi connectivity index (χ1v) is 10.7. The fourth-order valence-electron chi connectivity index (χ4n) is 3.49. The van der Waals surface area contributed by atoms with Crippen LogP contribution in [0, 0.1) is 0 Å². The molecule has 1 N–H and O–H groups in total. The number of ether oxygens (including phenoxy) is 1. The van der Waals surface area contributed by atoms with Crippen LogP contribution >= 0.6 is 11.6 Å². The van der Waals surface area contributed by atoms with Gasteiger partial charge in [0, 0.05) is 22.5 Å². The summed E-state index contributed by atoms with van der Waals surface area (Å²) in [5.74, 6) is 0.496. The molecule has 7 heteroatoms. The third kappa shape index (κ3) is 4.81. The minimum absolute atomic E-state index is 0.143. The number of hydrogen-bond donors (Lipinski definition) is 1. The molecule has 0 saturated heterocycles. The number of hydrogen-bond acceptors (Lipinski definition) is 4. The number of halogens is 1. The first-order chi connectivity index (χ1) is 15.5. The Morgan fingerprint density at radius 1 is 1.06 bits per heavy atom. The first-order valence-electron chi connectivity index (χ1n) is 10.3. The van der Waals surface area contributed by atoms with Gasteiger partial charge in [0.15, 0.2) is 0 Å². The summed E-state index contributed by atoms with van der Waals surface area (Å²) in [6, 6.07) is 22.1. The molecule has 0 aliphatic carbocycles. The summed E-state index contributed by atoms with van der Waals surface area (Å²) in [5.41, 5.74) is 2.39. The van der Waals surface area contributed by atoms with E-state index in [1.807, 2.05) is 61.5 Å². The standard InChI is InChI=1S/C25H22ClN3O3/c1-2-32-20-11-8-17(9-12-20)15-27-23(30)16-29-22-13-10-19(26)14-21(22)24(28-25(29)31)18-6-4-3-5-7-18/h3-14H,2,15-16H2,1H3,(H,27,30). The second kappa shape index (κ2) is 9.66. The minimum atomic E-state index is -0.491. The third-order valence-electron chi connectivity index (χ3n) is 5.02. The fourth-order valence-corrected chi connectivity index (χ4v) is 3.66. The van der Waals surface area contributed by atoms with Gasteiger partial charge in [-0.3, -0.25) is 9.36 Å². The molecule has 0 atom stereocenters. The smallest absolute Gasteiger partial charge is 0.349 e. The van der Waals surface area contributed by atoms with Crippen molar-refractivity contribution in [1.29, 1.82) is 0 Å². The van der Waals surface area contributed by atoms with Gasteiger partial charge in [0.25, 0.3) is 0 Å². The molecular weight excluding hydrogens is 426 g/mol. The molecule has 0 saturated carbocycles. The molecule has 0 spiro atoms. The number of amides is 1. The van der Waals surface area contributed by atoms with Crippen molar-refractivity contribution in [3.8, 4) is 17.0 Å². The van der Waals surface area contributed by atoms with Crippen molar-refractivity contribution in [3.05, 3.63) is 93.9 Å². The molecule has 6 nitrogen and oxygen atoms in total. The Bertz CT molecular complexity index is 1300. The van der Waals surface area contributed by atoms with Gasteiger partial charge in [0.05, 0.1) is 17.8 Å². The molecule has 3 aromatic carbocycles. The van der Waals surface area contributed by atoms with Gasteiger partial charge < -0.3 is 10.1 Å². The molecule has 0 aliphatic rings. The number of carbonyl (C=O) groups excluding carboxylic acids is 1. The van der Waals surface area contributed by atoms with E-state index in [0.29, 0.717) is 34.8 Å². The lowest BCUT2D eigenvalue weighted by atomic mass is 10.1. The first kappa shape index (κ1) is 21.6. The van der Waals surface area contributed by atoms with Crippen molar-refractivity contribution in [2.24, 2.45) is 0 Å². The Balaban J connectivity index is 1.58. The lowest BCUT2D eigenvalue weighted by Gasteiger charge is -2.13. The van der Waals surface area contributed by atoms with Gasteiger partial charge in [-0.25, -0.2) is 4.79 Å². The second-order valence-electron chi connectivity index (χ2n) is 7.21. The van der Waals surface area contributed by atoms with Gasteiger partial charge in [-0.05, 0) is 42.8 Å². The minimum Gasteiger partial charge on any atom is -0.494 e. The summed E-state index contributed by atoms with van der Waals surface area (Å²) in [5, 5.41) is 4.10. The highest BCUT2D eigenvalue weighted by molar-refractivity contribution is 6.31. The van der Waals surface area contributed by atoms with E-state index in [4.69, 9.17) is 16.3 Å². The molecule has 0 bridgehead atoms. The van der Waals surface area contributed by atoms with Crippen LogP contribution in [-0.4, -0.2) is 22.1 Å². The summed E-state index contributed by atoms with van der Waals surface area (Å²) in [6.07, 6.45) is 0. The molecule has 0 unspecified atom stereocenters. The SMILES string of the molecule is CCOc1ccc(CNC(=O)Cn2c(=O)nc(-c3ccccc3)c3cc(Cl)ccc32)cc1. The Hall–Kier alpha value is -3.64. The zero-order valence-corrected chi connectivity index (χ0v) is 18.3. The maximum atomic E-state index is 12.8. The predicted octanol–water partition coefficient (Wildman–Crippen LogP) is 4.43. The Kier molecular flexibility index (Phi) is 6.52. The summed E-state index contributed by atoms with van der Waals surface area (Å²) in [7, 11) is 0. The highest BCUT2D eigenvalue weighted by Gasteiger charge is 2.15. The maximum absolute atomic E-state index is 12.8. The second-order valence-corrected chi connectivity index (χ2v) is 7.65. The number of fused-ring (bicyclic) bond motifs is 1. The van der Waals surface area contributed by atoms with Gasteiger partial charge in [-0.2, -0.15) is 4.98 Å². The Morgan fingerprint density at radius 3 is 2.53 bits per heavy atom. The fraction of sp³-hybridized carbons (Fsp3) is 0.160. The zero-order valence-electron chi connectivity index (χ0n) is 17.5. The topological polar surface area (TPSA) is 73.2 Å². The van der Waals surface area contributed by atoms with E-state index in [2.05, 4.69) is 10.3 Å². The lowest BCUT2D eigenvalue weighted by molar-refractivity contribution is -0.121. The van der Waals surface area contributed by atoms with Crippen LogP contribution in [0.15, 0.2) is 77.6 Å². The number of carbonyl (C=O) groups is 1. The molecule has 4 aromatic rings. The zero-order chi connectivity index (χ0) is 22.5. The highest BCUT2D eigenvalue weighted by Crippen LogP contribution is 2.27. The van der Waals surface area contributed by atoms with Crippen molar-refractivity contribution in [2.45, 2.75) is 20.0 Å². The van der Waals surface area contributed by atoms with E-state index in [1.54, 1.807) is 18.2 Å². The molecule has 1 heterocycles. The monoisotopic (exact) mass is 447 g/mol. The molecular formula is C25H22ClN3O3. The van der Waals surface area contributed by atoms with Crippen LogP contribution < -0.4 is 15.7 Å². The van der Waals surface area contributed by atoms with Crippen LogP contribution in [0.2, 0.25) is 5.02 Å². The number of nitrogens with one attached hydrogen (secondary N) is 1. The van der Waals surface area contributed by atoms with E-state index in [-0.39, 0.29) is 12.5 Å². The molecule has 1 aromatic heterocycles.